The Morgan fingerprint density at radius 3 is 2.86 bits per heavy atom. The van der Waals surface area contributed by atoms with E-state index in [9.17, 15) is 5.26 Å². The SMILES string of the molecule is COCC1CN(c2nc(OCC34CCCN3CCC4)nc3c(F)c(-c4cccc5sc(N)c(C#N)c45)ncc23)CCN1. The van der Waals surface area contributed by atoms with Gasteiger partial charge in [-0.1, -0.05) is 12.1 Å². The Hall–Kier alpha value is -3.63. The Kier molecular flexibility index (Phi) is 7.06. The van der Waals surface area contributed by atoms with Gasteiger partial charge in [0, 0.05) is 54.6 Å². The van der Waals surface area contributed by atoms with Crippen molar-refractivity contribution in [2.75, 3.05) is 63.7 Å². The maximum atomic E-state index is 16.6. The summed E-state index contributed by atoms with van der Waals surface area (Å²) in [4.78, 5) is 18.7. The molecule has 6 heterocycles. The number of nitrogens with two attached hydrogens (primary N) is 1. The topological polar surface area (TPSA) is 125 Å². The highest BCUT2D eigenvalue weighted by Gasteiger charge is 2.45. The molecule has 3 fully saturated rings. The second kappa shape index (κ2) is 10.9. The van der Waals surface area contributed by atoms with Crippen LogP contribution in [-0.2, 0) is 4.74 Å². The maximum Gasteiger partial charge on any atom is 0.319 e. The lowest BCUT2D eigenvalue weighted by Gasteiger charge is -2.35. The van der Waals surface area contributed by atoms with Crippen LogP contribution in [0.5, 0.6) is 6.01 Å². The molecule has 7 rings (SSSR count). The lowest BCUT2D eigenvalue weighted by Crippen LogP contribution is -2.53. The Bertz CT molecular complexity index is 1690. The molecule has 4 aromatic rings. The van der Waals surface area contributed by atoms with E-state index in [1.807, 2.05) is 12.1 Å². The van der Waals surface area contributed by atoms with E-state index in [-0.39, 0.29) is 28.8 Å². The fourth-order valence-corrected chi connectivity index (χ4v) is 7.93. The number of rotatable bonds is 7. The quantitative estimate of drug-likeness (QED) is 0.328. The first-order valence-electron chi connectivity index (χ1n) is 14.4. The molecule has 1 unspecified atom stereocenters. The molecule has 0 radical (unpaired) electrons. The van der Waals surface area contributed by atoms with Crippen molar-refractivity contribution in [1.82, 2.24) is 25.2 Å². The molecule has 3 saturated heterocycles. The lowest BCUT2D eigenvalue weighted by molar-refractivity contribution is 0.108. The molecular formula is C30H33FN8O2S. The van der Waals surface area contributed by atoms with Gasteiger partial charge in [0.15, 0.2) is 5.82 Å². The summed E-state index contributed by atoms with van der Waals surface area (Å²) in [6.07, 6.45) is 6.11. The Morgan fingerprint density at radius 2 is 2.07 bits per heavy atom. The molecule has 12 heteroatoms. The number of methoxy groups -OCH3 is 1. The number of thiophene rings is 1. The van der Waals surface area contributed by atoms with Crippen LogP contribution in [0.15, 0.2) is 24.4 Å². The van der Waals surface area contributed by atoms with Crippen LogP contribution in [0.1, 0.15) is 31.2 Å². The monoisotopic (exact) mass is 588 g/mol. The first-order chi connectivity index (χ1) is 20.5. The van der Waals surface area contributed by atoms with E-state index in [4.69, 9.17) is 20.2 Å². The van der Waals surface area contributed by atoms with Gasteiger partial charge < -0.3 is 25.4 Å². The van der Waals surface area contributed by atoms with Gasteiger partial charge in [0.05, 0.1) is 23.1 Å². The molecule has 3 aliphatic rings. The fourth-order valence-electron chi connectivity index (χ4n) is 6.98. The first-order valence-corrected chi connectivity index (χ1v) is 15.3. The Morgan fingerprint density at radius 1 is 1.24 bits per heavy atom. The van der Waals surface area contributed by atoms with Crippen molar-refractivity contribution in [2.45, 2.75) is 37.3 Å². The third kappa shape index (κ3) is 4.52. The molecule has 0 aliphatic carbocycles. The molecule has 3 aliphatic heterocycles. The van der Waals surface area contributed by atoms with Crippen molar-refractivity contribution in [1.29, 1.82) is 5.26 Å². The molecule has 3 aromatic heterocycles. The van der Waals surface area contributed by atoms with Gasteiger partial charge in [0.1, 0.15) is 34.7 Å². The molecule has 0 spiro atoms. The number of anilines is 2. The number of pyridine rings is 1. The van der Waals surface area contributed by atoms with Crippen LogP contribution in [0.25, 0.3) is 32.2 Å². The van der Waals surface area contributed by atoms with Gasteiger partial charge in [0.2, 0.25) is 0 Å². The number of piperazine rings is 1. The van der Waals surface area contributed by atoms with Gasteiger partial charge in [-0.2, -0.15) is 15.2 Å². The average molecular weight is 589 g/mol. The Labute approximate surface area is 247 Å². The lowest BCUT2D eigenvalue weighted by atomic mass is 9.95. The van der Waals surface area contributed by atoms with Gasteiger partial charge in [-0.15, -0.1) is 11.3 Å². The predicted octanol–water partition coefficient (Wildman–Crippen LogP) is 3.93. The normalized spacial score (nSPS) is 20.3. The standard InChI is InChI=1S/C30H33FN8O2S/c1-40-16-18-15-38(12-9-34-18)28-21-14-35-25(19-5-2-6-22-23(19)20(13-32)27(33)42-22)24(31)26(21)36-29(37-28)41-17-30-7-3-10-39(30)11-4-8-30/h2,5-6,14,18,34H,3-4,7-12,15-17,33H2,1H3. The third-order valence-electron chi connectivity index (χ3n) is 8.96. The summed E-state index contributed by atoms with van der Waals surface area (Å²) in [5.74, 6) is 0.0192. The molecule has 0 amide bonds. The zero-order valence-corrected chi connectivity index (χ0v) is 24.3. The summed E-state index contributed by atoms with van der Waals surface area (Å²) in [7, 11) is 1.68. The van der Waals surface area contributed by atoms with Crippen LogP contribution in [0.2, 0.25) is 0 Å². The molecular weight excluding hydrogens is 555 g/mol. The van der Waals surface area contributed by atoms with Crippen LogP contribution in [0, 0.1) is 17.1 Å². The molecule has 42 heavy (non-hydrogen) atoms. The second-order valence-electron chi connectivity index (χ2n) is 11.4. The zero-order valence-electron chi connectivity index (χ0n) is 23.5. The number of nitrogen functional groups attached to an aromatic ring is 1. The van der Waals surface area contributed by atoms with Crippen LogP contribution in [0.3, 0.4) is 0 Å². The number of hydrogen-bond donors (Lipinski definition) is 2. The molecule has 0 bridgehead atoms. The Balaban J connectivity index is 1.35. The highest BCUT2D eigenvalue weighted by atomic mass is 32.1. The second-order valence-corrected chi connectivity index (χ2v) is 12.5. The van der Waals surface area contributed by atoms with Crippen molar-refractivity contribution >= 4 is 43.1 Å². The van der Waals surface area contributed by atoms with E-state index in [2.05, 4.69) is 31.2 Å². The largest absolute Gasteiger partial charge is 0.461 e. The van der Waals surface area contributed by atoms with Crippen molar-refractivity contribution in [3.8, 4) is 23.3 Å². The number of aromatic nitrogens is 3. The molecule has 1 aromatic carbocycles. The van der Waals surface area contributed by atoms with Crippen LogP contribution in [-0.4, -0.2) is 84.5 Å². The van der Waals surface area contributed by atoms with E-state index in [0.717, 1.165) is 50.0 Å². The molecule has 1 atom stereocenters. The van der Waals surface area contributed by atoms with E-state index < -0.39 is 5.82 Å². The molecule has 218 valence electrons. The predicted molar refractivity (Wildman–Crippen MR) is 161 cm³/mol. The van der Waals surface area contributed by atoms with E-state index in [1.54, 1.807) is 19.4 Å². The van der Waals surface area contributed by atoms with Crippen LogP contribution in [0.4, 0.5) is 15.2 Å². The van der Waals surface area contributed by atoms with Gasteiger partial charge in [0.25, 0.3) is 0 Å². The summed E-state index contributed by atoms with van der Waals surface area (Å²) in [6.45, 7) is 5.26. The van der Waals surface area contributed by atoms with E-state index in [0.29, 0.717) is 59.0 Å². The summed E-state index contributed by atoms with van der Waals surface area (Å²) >= 11 is 1.31. The summed E-state index contributed by atoms with van der Waals surface area (Å²) in [5, 5.41) is 14.8. The van der Waals surface area contributed by atoms with Crippen LogP contribution < -0.4 is 20.7 Å². The van der Waals surface area contributed by atoms with Gasteiger partial charge >= 0.3 is 6.01 Å². The number of halogens is 1. The third-order valence-corrected chi connectivity index (χ3v) is 9.94. The first kappa shape index (κ1) is 27.2. The molecule has 3 N–H and O–H groups in total. The number of nitrogens with zero attached hydrogens (tertiary/aromatic N) is 6. The van der Waals surface area contributed by atoms with Crippen molar-refractivity contribution in [3.05, 3.63) is 35.8 Å². The van der Waals surface area contributed by atoms with E-state index in [1.165, 1.54) is 11.3 Å². The minimum Gasteiger partial charge on any atom is -0.461 e. The van der Waals surface area contributed by atoms with Gasteiger partial charge in [-0.3, -0.25) is 9.88 Å². The molecule has 10 nitrogen and oxygen atoms in total. The zero-order chi connectivity index (χ0) is 28.8. The number of nitriles is 1. The smallest absolute Gasteiger partial charge is 0.319 e. The van der Waals surface area contributed by atoms with Gasteiger partial charge in [-0.05, 0) is 44.8 Å². The van der Waals surface area contributed by atoms with Crippen molar-refractivity contribution < 1.29 is 13.9 Å². The number of hydrogen-bond acceptors (Lipinski definition) is 11. The maximum absolute atomic E-state index is 16.6. The average Bonchev–Trinajstić information content (AvgIpc) is 3.68. The van der Waals surface area contributed by atoms with Gasteiger partial charge in [-0.25, -0.2) is 4.39 Å². The summed E-state index contributed by atoms with van der Waals surface area (Å²) < 4.78 is 29.2. The number of fused-ring (bicyclic) bond motifs is 3. The minimum atomic E-state index is -0.577. The molecule has 0 saturated carbocycles. The van der Waals surface area contributed by atoms with Crippen LogP contribution >= 0.6 is 11.3 Å². The number of nitrogens with one attached hydrogen (secondary N) is 1. The minimum absolute atomic E-state index is 0.00124. The summed E-state index contributed by atoms with van der Waals surface area (Å²) in [6, 6.07) is 7.92. The highest BCUT2D eigenvalue weighted by molar-refractivity contribution is 7.23. The van der Waals surface area contributed by atoms with Crippen molar-refractivity contribution in [2.24, 2.45) is 0 Å². The number of ether oxygens (including phenoxy) is 2. The van der Waals surface area contributed by atoms with E-state index >= 15 is 4.39 Å². The summed E-state index contributed by atoms with van der Waals surface area (Å²) in [5.41, 5.74) is 7.24. The van der Waals surface area contributed by atoms with Crippen molar-refractivity contribution in [3.63, 3.8) is 0 Å². The fraction of sp³-hybridized carbons (Fsp3) is 0.467. The number of benzene rings is 1. The highest BCUT2D eigenvalue weighted by Crippen LogP contribution is 2.42.